The highest BCUT2D eigenvalue weighted by molar-refractivity contribution is 5.85. The SMILES string of the molecule is C=C(OOC(C)(C)C)C(=O)OC(C)OOC(=O)OCC. The molecule has 1 atom stereocenters. The number of ether oxygens (including phenoxy) is 2. The molecule has 8 nitrogen and oxygen atoms in total. The maximum atomic E-state index is 11.5. The number of hydrogen-bond acceptors (Lipinski definition) is 8. The van der Waals surface area contributed by atoms with Gasteiger partial charge in [0.1, 0.15) is 5.60 Å². The summed E-state index contributed by atoms with van der Waals surface area (Å²) in [4.78, 5) is 40.5. The number of esters is 1. The molecule has 0 aromatic carbocycles. The molecule has 0 radical (unpaired) electrons. The fraction of sp³-hybridized carbons (Fsp3) is 0.667. The highest BCUT2D eigenvalue weighted by Gasteiger charge is 2.20. The van der Waals surface area contributed by atoms with Crippen molar-refractivity contribution in [3.8, 4) is 0 Å². The van der Waals surface area contributed by atoms with Crippen molar-refractivity contribution < 1.29 is 38.6 Å². The van der Waals surface area contributed by atoms with Gasteiger partial charge in [0.15, 0.2) is 0 Å². The third-order valence-corrected chi connectivity index (χ3v) is 1.41. The van der Waals surface area contributed by atoms with E-state index in [1.54, 1.807) is 27.7 Å². The van der Waals surface area contributed by atoms with Crippen molar-refractivity contribution in [2.24, 2.45) is 0 Å². The van der Waals surface area contributed by atoms with Crippen LogP contribution < -0.4 is 0 Å². The highest BCUT2D eigenvalue weighted by atomic mass is 17.3. The zero-order valence-electron chi connectivity index (χ0n) is 12.3. The van der Waals surface area contributed by atoms with E-state index in [0.29, 0.717) is 0 Å². The van der Waals surface area contributed by atoms with Crippen LogP contribution in [0.4, 0.5) is 4.79 Å². The van der Waals surface area contributed by atoms with Gasteiger partial charge in [-0.3, -0.25) is 4.89 Å². The molecule has 8 heteroatoms. The minimum atomic E-state index is -1.16. The monoisotopic (exact) mass is 292 g/mol. The third kappa shape index (κ3) is 9.17. The largest absolute Gasteiger partial charge is 0.540 e. The lowest BCUT2D eigenvalue weighted by molar-refractivity contribution is -0.340. The average Bonchev–Trinajstić information content (AvgIpc) is 2.32. The molecular weight excluding hydrogens is 272 g/mol. The van der Waals surface area contributed by atoms with E-state index in [4.69, 9.17) is 9.62 Å². The molecule has 0 saturated carbocycles. The molecule has 0 amide bonds. The highest BCUT2D eigenvalue weighted by Crippen LogP contribution is 2.11. The Balaban J connectivity index is 4.00. The van der Waals surface area contributed by atoms with Gasteiger partial charge in [0.25, 0.3) is 0 Å². The van der Waals surface area contributed by atoms with Crippen LogP contribution in [-0.2, 0) is 33.8 Å². The molecular formula is C12H20O8. The van der Waals surface area contributed by atoms with Gasteiger partial charge in [0, 0.05) is 6.92 Å². The Kier molecular flexibility index (Phi) is 7.63. The van der Waals surface area contributed by atoms with Gasteiger partial charge in [-0.25, -0.2) is 9.59 Å². The van der Waals surface area contributed by atoms with Gasteiger partial charge in [-0.1, -0.05) is 0 Å². The van der Waals surface area contributed by atoms with Crippen LogP contribution in [0.2, 0.25) is 0 Å². The summed E-state index contributed by atoms with van der Waals surface area (Å²) < 4.78 is 9.14. The van der Waals surface area contributed by atoms with Gasteiger partial charge in [-0.15, -0.1) is 4.89 Å². The number of carbonyl (C=O) groups is 2. The minimum absolute atomic E-state index is 0.130. The average molecular weight is 292 g/mol. The lowest BCUT2D eigenvalue weighted by atomic mass is 10.2. The van der Waals surface area contributed by atoms with E-state index >= 15 is 0 Å². The first-order chi connectivity index (χ1) is 9.15. The quantitative estimate of drug-likeness (QED) is 0.176. The molecule has 0 rings (SSSR count). The Bertz CT molecular complexity index is 344. The normalized spacial score (nSPS) is 12.2. The van der Waals surface area contributed by atoms with E-state index in [1.807, 2.05) is 0 Å². The summed E-state index contributed by atoms with van der Waals surface area (Å²) in [5.74, 6) is -1.29. The van der Waals surface area contributed by atoms with Crippen LogP contribution in [0.25, 0.3) is 0 Å². The summed E-state index contributed by atoms with van der Waals surface area (Å²) in [6.45, 7) is 11.6. The van der Waals surface area contributed by atoms with Crippen LogP contribution in [0.5, 0.6) is 0 Å². The molecule has 116 valence electrons. The minimum Gasteiger partial charge on any atom is -0.433 e. The van der Waals surface area contributed by atoms with Crippen molar-refractivity contribution in [1.82, 2.24) is 0 Å². The van der Waals surface area contributed by atoms with Gasteiger partial charge in [-0.2, -0.15) is 4.89 Å². The van der Waals surface area contributed by atoms with Crippen LogP contribution in [0.15, 0.2) is 12.3 Å². The van der Waals surface area contributed by atoms with Gasteiger partial charge in [-0.05, 0) is 34.3 Å². The van der Waals surface area contributed by atoms with Crippen molar-refractivity contribution >= 4 is 12.1 Å². The fourth-order valence-corrected chi connectivity index (χ4v) is 0.694. The Morgan fingerprint density at radius 3 is 2.30 bits per heavy atom. The molecule has 0 spiro atoms. The molecule has 20 heavy (non-hydrogen) atoms. The predicted octanol–water partition coefficient (Wildman–Crippen LogP) is 2.24. The van der Waals surface area contributed by atoms with Gasteiger partial charge in [0.2, 0.25) is 12.0 Å². The van der Waals surface area contributed by atoms with E-state index in [-0.39, 0.29) is 12.4 Å². The van der Waals surface area contributed by atoms with Gasteiger partial charge in [0.05, 0.1) is 6.61 Å². The lowest BCUT2D eigenvalue weighted by Crippen LogP contribution is -2.24. The van der Waals surface area contributed by atoms with Gasteiger partial charge >= 0.3 is 12.1 Å². The van der Waals surface area contributed by atoms with Crippen molar-refractivity contribution in [1.29, 1.82) is 0 Å². The summed E-state index contributed by atoms with van der Waals surface area (Å²) in [6, 6.07) is 0. The number of rotatable bonds is 7. The molecule has 0 aliphatic rings. The second kappa shape index (κ2) is 8.39. The molecule has 0 fully saturated rings. The zero-order chi connectivity index (χ0) is 15.8. The summed E-state index contributed by atoms with van der Waals surface area (Å²) in [7, 11) is 0. The molecule has 1 unspecified atom stereocenters. The number of carbonyl (C=O) groups excluding carboxylic acids is 2. The van der Waals surface area contributed by atoms with E-state index in [9.17, 15) is 9.59 Å². The molecule has 0 bridgehead atoms. The molecule has 0 heterocycles. The Morgan fingerprint density at radius 2 is 1.80 bits per heavy atom. The molecule has 0 N–H and O–H groups in total. The molecule has 0 saturated heterocycles. The van der Waals surface area contributed by atoms with E-state index in [2.05, 4.69) is 26.0 Å². The third-order valence-electron chi connectivity index (χ3n) is 1.41. The zero-order valence-corrected chi connectivity index (χ0v) is 12.3. The van der Waals surface area contributed by atoms with Crippen LogP contribution in [0.1, 0.15) is 34.6 Å². The van der Waals surface area contributed by atoms with Crippen molar-refractivity contribution in [3.05, 3.63) is 12.3 Å². The summed E-state index contributed by atoms with van der Waals surface area (Å²) in [6.07, 6.45) is -2.21. The predicted molar refractivity (Wildman–Crippen MR) is 65.8 cm³/mol. The van der Waals surface area contributed by atoms with Crippen LogP contribution >= 0.6 is 0 Å². The molecule has 0 aliphatic heterocycles. The maximum absolute atomic E-state index is 11.5. The smallest absolute Gasteiger partial charge is 0.433 e. The molecule has 0 aliphatic carbocycles. The molecule has 0 aromatic rings. The van der Waals surface area contributed by atoms with Gasteiger partial charge < -0.3 is 14.4 Å². The lowest BCUT2D eigenvalue weighted by Gasteiger charge is -2.18. The summed E-state index contributed by atoms with van der Waals surface area (Å²) >= 11 is 0. The number of hydrogen-bond donors (Lipinski definition) is 0. The Labute approximate surface area is 117 Å². The standard InChI is InChI=1S/C12H20O8/c1-7-15-11(14)19-18-9(3)16-10(13)8(2)17-20-12(4,5)6/h9H,2,7H2,1,3-6H3. The second-order valence-electron chi connectivity index (χ2n) is 4.54. The van der Waals surface area contributed by atoms with Crippen LogP contribution in [-0.4, -0.2) is 30.6 Å². The first kappa shape index (κ1) is 18.2. The van der Waals surface area contributed by atoms with E-state index in [1.165, 1.54) is 6.92 Å². The van der Waals surface area contributed by atoms with Crippen LogP contribution in [0.3, 0.4) is 0 Å². The second-order valence-corrected chi connectivity index (χ2v) is 4.54. The first-order valence-corrected chi connectivity index (χ1v) is 5.91. The summed E-state index contributed by atoms with van der Waals surface area (Å²) in [5.41, 5.74) is -0.613. The topological polar surface area (TPSA) is 89.5 Å². The van der Waals surface area contributed by atoms with Crippen molar-refractivity contribution in [2.45, 2.75) is 46.5 Å². The van der Waals surface area contributed by atoms with Crippen molar-refractivity contribution in [2.75, 3.05) is 6.61 Å². The Morgan fingerprint density at radius 1 is 1.20 bits per heavy atom. The maximum Gasteiger partial charge on any atom is 0.540 e. The van der Waals surface area contributed by atoms with Crippen molar-refractivity contribution in [3.63, 3.8) is 0 Å². The fourth-order valence-electron chi connectivity index (χ4n) is 0.694. The first-order valence-electron chi connectivity index (χ1n) is 5.91. The Hall–Kier alpha value is -1.80. The molecule has 0 aromatic heterocycles. The van der Waals surface area contributed by atoms with E-state index < -0.39 is 24.0 Å². The summed E-state index contributed by atoms with van der Waals surface area (Å²) in [5, 5.41) is 0. The van der Waals surface area contributed by atoms with Crippen LogP contribution in [0, 0.1) is 0 Å². The van der Waals surface area contributed by atoms with E-state index in [0.717, 1.165) is 0 Å².